The number of aromatic nitrogens is 2. The summed E-state index contributed by atoms with van der Waals surface area (Å²) in [6.45, 7) is 0. The van der Waals surface area contributed by atoms with Crippen LogP contribution in [0.4, 0.5) is 17.1 Å². The highest BCUT2D eigenvalue weighted by Crippen LogP contribution is 2.43. The fraction of sp³-hybridized carbons (Fsp3) is 0. The molecule has 2 aromatic heterocycles. The monoisotopic (exact) mass is 677 g/mol. The summed E-state index contributed by atoms with van der Waals surface area (Å²) in [5, 5.41) is 3.65. The van der Waals surface area contributed by atoms with Crippen molar-refractivity contribution in [2.24, 2.45) is 0 Å². The lowest BCUT2D eigenvalue weighted by Gasteiger charge is -2.26. The van der Waals surface area contributed by atoms with E-state index >= 15 is 0 Å². The summed E-state index contributed by atoms with van der Waals surface area (Å²) >= 11 is 0. The summed E-state index contributed by atoms with van der Waals surface area (Å²) < 4.78 is 4.74. The van der Waals surface area contributed by atoms with Crippen LogP contribution in [0.1, 0.15) is 0 Å². The molecule has 8 aromatic carbocycles. The second-order valence-corrected chi connectivity index (χ2v) is 13.5. The van der Waals surface area contributed by atoms with Crippen LogP contribution in [0.15, 0.2) is 212 Å². The van der Waals surface area contributed by atoms with Crippen LogP contribution in [0.5, 0.6) is 0 Å². The van der Waals surface area contributed by atoms with Crippen molar-refractivity contribution in [2.45, 2.75) is 0 Å². The van der Waals surface area contributed by atoms with Crippen molar-refractivity contribution in [3.05, 3.63) is 212 Å². The minimum absolute atomic E-state index is 1.10. The van der Waals surface area contributed by atoms with Crippen molar-refractivity contribution < 1.29 is 0 Å². The van der Waals surface area contributed by atoms with E-state index in [2.05, 4.69) is 226 Å². The standard InChI is InChI=1S/C50H35N3/c1-5-13-36(14-6-1)38-21-26-43(27-22-38)52(44-28-23-39(24-29-44)37-15-7-2-8-16-37)45-30-32-47-46(35-45)49-48(53(47)42-19-11-4-12-20-42)31-25-40-33-34-51(50(40)49)41-17-9-3-10-18-41/h1-35H. The summed E-state index contributed by atoms with van der Waals surface area (Å²) in [5.41, 5.74) is 13.9. The highest BCUT2D eigenvalue weighted by Gasteiger charge is 2.21. The molecule has 0 radical (unpaired) electrons. The van der Waals surface area contributed by atoms with Crippen LogP contribution in [0, 0.1) is 0 Å². The van der Waals surface area contributed by atoms with Crippen molar-refractivity contribution in [1.82, 2.24) is 9.13 Å². The topological polar surface area (TPSA) is 13.1 Å². The number of fused-ring (bicyclic) bond motifs is 5. The summed E-state index contributed by atoms with van der Waals surface area (Å²) in [4.78, 5) is 2.38. The van der Waals surface area contributed by atoms with E-state index in [0.717, 1.165) is 28.4 Å². The van der Waals surface area contributed by atoms with Gasteiger partial charge in [0.2, 0.25) is 0 Å². The second kappa shape index (κ2) is 12.9. The smallest absolute Gasteiger partial charge is 0.0628 e. The number of rotatable bonds is 7. The average molecular weight is 678 g/mol. The number of nitrogens with zero attached hydrogens (tertiary/aromatic N) is 3. The van der Waals surface area contributed by atoms with Crippen LogP contribution in [0.25, 0.3) is 66.3 Å². The lowest BCUT2D eigenvalue weighted by molar-refractivity contribution is 1.13. The van der Waals surface area contributed by atoms with E-state index in [1.165, 1.54) is 55.0 Å². The largest absolute Gasteiger partial charge is 0.316 e. The Balaban J connectivity index is 1.21. The summed E-state index contributed by atoms with van der Waals surface area (Å²) in [5.74, 6) is 0. The van der Waals surface area contributed by atoms with Gasteiger partial charge in [0.25, 0.3) is 0 Å². The van der Waals surface area contributed by atoms with E-state index in [1.807, 2.05) is 0 Å². The molecule has 3 heteroatoms. The number of hydrogen-bond donors (Lipinski definition) is 0. The van der Waals surface area contributed by atoms with Crippen LogP contribution < -0.4 is 4.90 Å². The van der Waals surface area contributed by atoms with Crippen molar-refractivity contribution in [3.63, 3.8) is 0 Å². The van der Waals surface area contributed by atoms with Crippen molar-refractivity contribution in [2.75, 3.05) is 4.90 Å². The van der Waals surface area contributed by atoms with Crippen LogP contribution in [-0.2, 0) is 0 Å². The Kier molecular flexibility index (Phi) is 7.47. The molecule has 2 heterocycles. The highest BCUT2D eigenvalue weighted by atomic mass is 15.1. The fourth-order valence-corrected chi connectivity index (χ4v) is 7.83. The van der Waals surface area contributed by atoms with Gasteiger partial charge in [0.1, 0.15) is 0 Å². The first-order valence-electron chi connectivity index (χ1n) is 18.1. The zero-order chi connectivity index (χ0) is 35.1. The van der Waals surface area contributed by atoms with Gasteiger partial charge in [-0.25, -0.2) is 0 Å². The lowest BCUT2D eigenvalue weighted by atomic mass is 10.0. The van der Waals surface area contributed by atoms with Crippen LogP contribution >= 0.6 is 0 Å². The Hall–Kier alpha value is -7.10. The molecular weight excluding hydrogens is 643 g/mol. The van der Waals surface area contributed by atoms with Gasteiger partial charge in [0.05, 0.1) is 16.6 Å². The molecule has 0 aliphatic carbocycles. The Morgan fingerprint density at radius 1 is 0.358 bits per heavy atom. The van der Waals surface area contributed by atoms with Crippen molar-refractivity contribution in [3.8, 4) is 33.6 Å². The molecule has 0 spiro atoms. The third kappa shape index (κ3) is 5.38. The first-order valence-corrected chi connectivity index (χ1v) is 18.1. The molecule has 0 fully saturated rings. The van der Waals surface area contributed by atoms with E-state index in [1.54, 1.807) is 0 Å². The van der Waals surface area contributed by atoms with Crippen LogP contribution in [0.2, 0.25) is 0 Å². The molecule has 250 valence electrons. The van der Waals surface area contributed by atoms with Gasteiger partial charge in [0.15, 0.2) is 0 Å². The quantitative estimate of drug-likeness (QED) is 0.164. The Morgan fingerprint density at radius 2 is 0.830 bits per heavy atom. The number of anilines is 3. The molecule has 0 aliphatic rings. The van der Waals surface area contributed by atoms with Gasteiger partial charge in [-0.3, -0.25) is 0 Å². The minimum atomic E-state index is 1.10. The molecule has 10 rings (SSSR count). The van der Waals surface area contributed by atoms with E-state index in [-0.39, 0.29) is 0 Å². The molecule has 53 heavy (non-hydrogen) atoms. The lowest BCUT2D eigenvalue weighted by Crippen LogP contribution is -2.10. The molecule has 0 saturated carbocycles. The molecule has 0 aliphatic heterocycles. The third-order valence-corrected chi connectivity index (χ3v) is 10.3. The van der Waals surface area contributed by atoms with E-state index < -0.39 is 0 Å². The molecule has 0 N–H and O–H groups in total. The third-order valence-electron chi connectivity index (χ3n) is 10.3. The summed E-state index contributed by atoms with van der Waals surface area (Å²) in [6.07, 6.45) is 2.20. The Morgan fingerprint density at radius 3 is 1.40 bits per heavy atom. The van der Waals surface area contributed by atoms with E-state index in [9.17, 15) is 0 Å². The minimum Gasteiger partial charge on any atom is -0.316 e. The van der Waals surface area contributed by atoms with Gasteiger partial charge in [-0.15, -0.1) is 0 Å². The maximum atomic E-state index is 2.41. The van der Waals surface area contributed by atoms with Gasteiger partial charge in [0, 0.05) is 50.8 Å². The van der Waals surface area contributed by atoms with Gasteiger partial charge < -0.3 is 14.0 Å². The first-order chi connectivity index (χ1) is 26.3. The zero-order valence-corrected chi connectivity index (χ0v) is 29.0. The molecule has 0 amide bonds. The first kappa shape index (κ1) is 30.7. The summed E-state index contributed by atoms with van der Waals surface area (Å²) in [6, 6.07) is 74.1. The number of para-hydroxylation sites is 2. The second-order valence-electron chi connectivity index (χ2n) is 13.5. The molecule has 0 saturated heterocycles. The molecular formula is C50H35N3. The van der Waals surface area contributed by atoms with E-state index in [0.29, 0.717) is 0 Å². The van der Waals surface area contributed by atoms with Gasteiger partial charge in [-0.2, -0.15) is 0 Å². The van der Waals surface area contributed by atoms with Crippen molar-refractivity contribution >= 4 is 49.8 Å². The normalized spacial score (nSPS) is 11.4. The predicted octanol–water partition coefficient (Wildman–Crippen LogP) is 13.5. The summed E-state index contributed by atoms with van der Waals surface area (Å²) in [7, 11) is 0. The zero-order valence-electron chi connectivity index (χ0n) is 29.0. The fourth-order valence-electron chi connectivity index (χ4n) is 7.83. The van der Waals surface area contributed by atoms with Gasteiger partial charge in [-0.05, 0) is 101 Å². The molecule has 3 nitrogen and oxygen atoms in total. The number of hydrogen-bond acceptors (Lipinski definition) is 1. The van der Waals surface area contributed by atoms with Gasteiger partial charge >= 0.3 is 0 Å². The molecule has 0 bridgehead atoms. The van der Waals surface area contributed by atoms with Crippen molar-refractivity contribution in [1.29, 1.82) is 0 Å². The Labute approximate surface area is 308 Å². The number of benzene rings is 8. The highest BCUT2D eigenvalue weighted by molar-refractivity contribution is 6.21. The van der Waals surface area contributed by atoms with E-state index in [4.69, 9.17) is 0 Å². The maximum Gasteiger partial charge on any atom is 0.0628 e. The Bertz CT molecular complexity index is 2750. The molecule has 10 aromatic rings. The predicted molar refractivity (Wildman–Crippen MR) is 223 cm³/mol. The average Bonchev–Trinajstić information content (AvgIpc) is 3.82. The molecule has 0 unspecified atom stereocenters. The van der Waals surface area contributed by atoms with Crippen LogP contribution in [-0.4, -0.2) is 9.13 Å². The molecule has 0 atom stereocenters. The SMILES string of the molecule is c1ccc(-c2ccc(N(c3ccc(-c4ccccc4)cc3)c3ccc4c(c3)c3c5c(ccc3n4-c3ccccc3)ccn5-c3ccccc3)cc2)cc1. The maximum absolute atomic E-state index is 2.41. The van der Waals surface area contributed by atoms with Crippen LogP contribution in [0.3, 0.4) is 0 Å². The van der Waals surface area contributed by atoms with Gasteiger partial charge in [-0.1, -0.05) is 127 Å².